The number of hydrogen-bond donors (Lipinski definition) is 2. The number of nitrogens with zero attached hydrogens (tertiary/aromatic N) is 2. The Labute approximate surface area is 128 Å². The predicted octanol–water partition coefficient (Wildman–Crippen LogP) is 4.16. The molecule has 1 fully saturated rings. The smallest absolute Gasteiger partial charge is 0.225 e. The quantitative estimate of drug-likeness (QED) is 0.890. The van der Waals surface area contributed by atoms with Crippen molar-refractivity contribution in [2.24, 2.45) is 0 Å². The van der Waals surface area contributed by atoms with Crippen LogP contribution in [0.5, 0.6) is 0 Å². The van der Waals surface area contributed by atoms with E-state index in [2.05, 4.69) is 20.6 Å². The summed E-state index contributed by atoms with van der Waals surface area (Å²) in [5.41, 5.74) is 0.530. The maximum Gasteiger partial charge on any atom is 0.225 e. The van der Waals surface area contributed by atoms with Crippen LogP contribution in [-0.4, -0.2) is 16.0 Å². The second-order valence-electron chi connectivity index (χ2n) is 5.57. The number of aryl methyl sites for hydroxylation is 1. The van der Waals surface area contributed by atoms with Gasteiger partial charge in [-0.25, -0.2) is 13.8 Å². The molecule has 6 heteroatoms. The monoisotopic (exact) mass is 304 g/mol. The maximum absolute atomic E-state index is 13.7. The van der Waals surface area contributed by atoms with Crippen LogP contribution < -0.4 is 10.6 Å². The lowest BCUT2D eigenvalue weighted by molar-refractivity contribution is 0.590. The first-order valence-corrected chi connectivity index (χ1v) is 7.45. The predicted molar refractivity (Wildman–Crippen MR) is 82.3 cm³/mol. The van der Waals surface area contributed by atoms with Gasteiger partial charge in [0.05, 0.1) is 0 Å². The highest BCUT2D eigenvalue weighted by Crippen LogP contribution is 2.24. The molecule has 3 rings (SSSR count). The van der Waals surface area contributed by atoms with Crippen LogP contribution in [0.3, 0.4) is 0 Å². The summed E-state index contributed by atoms with van der Waals surface area (Å²) in [5.74, 6) is -0.439. The zero-order chi connectivity index (χ0) is 15.5. The minimum atomic E-state index is -0.651. The Bertz CT molecular complexity index is 649. The number of aromatic nitrogens is 2. The molecule has 0 aliphatic heterocycles. The Balaban J connectivity index is 1.82. The van der Waals surface area contributed by atoms with Gasteiger partial charge in [0, 0.05) is 17.8 Å². The van der Waals surface area contributed by atoms with Crippen molar-refractivity contribution in [1.29, 1.82) is 0 Å². The van der Waals surface area contributed by atoms with E-state index in [0.29, 0.717) is 17.8 Å². The van der Waals surface area contributed by atoms with E-state index in [9.17, 15) is 8.78 Å². The van der Waals surface area contributed by atoms with E-state index < -0.39 is 11.6 Å². The van der Waals surface area contributed by atoms with Crippen LogP contribution in [0, 0.1) is 18.6 Å². The Morgan fingerprint density at radius 3 is 2.45 bits per heavy atom. The third kappa shape index (κ3) is 3.32. The van der Waals surface area contributed by atoms with E-state index in [4.69, 9.17) is 0 Å². The Hall–Kier alpha value is -2.24. The molecule has 2 N–H and O–H groups in total. The van der Waals surface area contributed by atoms with Gasteiger partial charge in [-0.1, -0.05) is 18.9 Å². The highest BCUT2D eigenvalue weighted by atomic mass is 19.1. The molecule has 4 nitrogen and oxygen atoms in total. The molecule has 116 valence electrons. The van der Waals surface area contributed by atoms with Gasteiger partial charge in [-0.3, -0.25) is 0 Å². The summed E-state index contributed by atoms with van der Waals surface area (Å²) >= 11 is 0. The number of nitrogens with one attached hydrogen (secondary N) is 2. The summed E-state index contributed by atoms with van der Waals surface area (Å²) in [6, 6.07) is 5.77. The van der Waals surface area contributed by atoms with Gasteiger partial charge in [-0.15, -0.1) is 0 Å². The largest absolute Gasteiger partial charge is 0.351 e. The average molecular weight is 304 g/mol. The highest BCUT2D eigenvalue weighted by Gasteiger charge is 2.16. The third-order valence-electron chi connectivity index (χ3n) is 3.76. The molecular formula is C16H18F2N4. The minimum Gasteiger partial charge on any atom is -0.351 e. The Morgan fingerprint density at radius 1 is 1.09 bits per heavy atom. The van der Waals surface area contributed by atoms with Crippen LogP contribution in [0.1, 0.15) is 31.4 Å². The molecule has 1 aromatic carbocycles. The molecule has 0 atom stereocenters. The number of para-hydroxylation sites is 1. The van der Waals surface area contributed by atoms with Gasteiger partial charge >= 0.3 is 0 Å². The SMILES string of the molecule is Cc1cc(Nc2c(F)cccc2F)nc(NC2CCCC2)n1. The molecule has 1 heterocycles. The first kappa shape index (κ1) is 14.7. The standard InChI is InChI=1S/C16H18F2N4/c1-10-9-14(21-15-12(17)7-4-8-13(15)18)22-16(19-10)20-11-5-2-3-6-11/h4,7-9,11H,2-3,5-6H2,1H3,(H2,19,20,21,22). The fourth-order valence-corrected chi connectivity index (χ4v) is 2.70. The molecule has 1 aromatic heterocycles. The fourth-order valence-electron chi connectivity index (χ4n) is 2.70. The third-order valence-corrected chi connectivity index (χ3v) is 3.76. The van der Waals surface area contributed by atoms with Crippen molar-refractivity contribution < 1.29 is 8.78 Å². The lowest BCUT2D eigenvalue weighted by Crippen LogP contribution is -2.17. The van der Waals surface area contributed by atoms with Gasteiger partial charge in [-0.2, -0.15) is 4.98 Å². The zero-order valence-electron chi connectivity index (χ0n) is 12.4. The van der Waals surface area contributed by atoms with E-state index in [1.54, 1.807) is 6.07 Å². The second-order valence-corrected chi connectivity index (χ2v) is 5.57. The minimum absolute atomic E-state index is 0.201. The van der Waals surface area contributed by atoms with Crippen molar-refractivity contribution in [1.82, 2.24) is 9.97 Å². The summed E-state index contributed by atoms with van der Waals surface area (Å²) in [6.45, 7) is 1.82. The summed E-state index contributed by atoms with van der Waals surface area (Å²) < 4.78 is 27.4. The normalized spacial score (nSPS) is 15.0. The van der Waals surface area contributed by atoms with Crippen molar-refractivity contribution in [3.05, 3.63) is 41.6 Å². The molecule has 0 radical (unpaired) electrons. The summed E-state index contributed by atoms with van der Waals surface area (Å²) in [7, 11) is 0. The molecular weight excluding hydrogens is 286 g/mol. The molecule has 22 heavy (non-hydrogen) atoms. The van der Waals surface area contributed by atoms with Gasteiger partial charge < -0.3 is 10.6 Å². The van der Waals surface area contributed by atoms with Crippen molar-refractivity contribution in [3.8, 4) is 0 Å². The first-order valence-electron chi connectivity index (χ1n) is 7.45. The number of halogens is 2. The molecule has 1 saturated carbocycles. The van der Waals surface area contributed by atoms with Crippen LogP contribution in [-0.2, 0) is 0 Å². The van der Waals surface area contributed by atoms with Crippen LogP contribution in [0.15, 0.2) is 24.3 Å². The molecule has 2 aromatic rings. The van der Waals surface area contributed by atoms with Crippen molar-refractivity contribution in [2.75, 3.05) is 10.6 Å². The highest BCUT2D eigenvalue weighted by molar-refractivity contribution is 5.59. The average Bonchev–Trinajstić information content (AvgIpc) is 2.95. The lowest BCUT2D eigenvalue weighted by Gasteiger charge is -2.14. The van der Waals surface area contributed by atoms with Crippen LogP contribution in [0.25, 0.3) is 0 Å². The van der Waals surface area contributed by atoms with Crippen LogP contribution >= 0.6 is 0 Å². The number of benzene rings is 1. The Morgan fingerprint density at radius 2 is 1.77 bits per heavy atom. The van der Waals surface area contributed by atoms with E-state index in [0.717, 1.165) is 18.5 Å². The second kappa shape index (κ2) is 6.25. The molecule has 0 unspecified atom stereocenters. The van der Waals surface area contributed by atoms with E-state index in [1.165, 1.54) is 31.0 Å². The molecule has 1 aliphatic rings. The van der Waals surface area contributed by atoms with Crippen molar-refractivity contribution in [3.63, 3.8) is 0 Å². The Kier molecular flexibility index (Phi) is 4.18. The number of hydrogen-bond acceptors (Lipinski definition) is 4. The van der Waals surface area contributed by atoms with Gasteiger partial charge in [0.25, 0.3) is 0 Å². The molecule has 1 aliphatic carbocycles. The van der Waals surface area contributed by atoms with E-state index in [1.807, 2.05) is 6.92 Å². The fraction of sp³-hybridized carbons (Fsp3) is 0.375. The van der Waals surface area contributed by atoms with Crippen molar-refractivity contribution >= 4 is 17.5 Å². The van der Waals surface area contributed by atoms with E-state index >= 15 is 0 Å². The lowest BCUT2D eigenvalue weighted by atomic mass is 10.2. The van der Waals surface area contributed by atoms with Crippen LogP contribution in [0.4, 0.5) is 26.2 Å². The topological polar surface area (TPSA) is 49.8 Å². The molecule has 0 amide bonds. The van der Waals surface area contributed by atoms with Crippen LogP contribution in [0.2, 0.25) is 0 Å². The molecule has 0 spiro atoms. The van der Waals surface area contributed by atoms with Crippen molar-refractivity contribution in [2.45, 2.75) is 38.6 Å². The zero-order valence-corrected chi connectivity index (χ0v) is 12.4. The number of anilines is 3. The molecule has 0 saturated heterocycles. The summed E-state index contributed by atoms with van der Waals surface area (Å²) in [4.78, 5) is 8.64. The van der Waals surface area contributed by atoms with E-state index in [-0.39, 0.29) is 5.69 Å². The van der Waals surface area contributed by atoms with Gasteiger partial charge in [0.1, 0.15) is 23.1 Å². The number of rotatable bonds is 4. The van der Waals surface area contributed by atoms with Gasteiger partial charge in [0.15, 0.2) is 0 Å². The molecule has 0 bridgehead atoms. The van der Waals surface area contributed by atoms with Gasteiger partial charge in [0.2, 0.25) is 5.95 Å². The van der Waals surface area contributed by atoms with Gasteiger partial charge in [-0.05, 0) is 31.9 Å². The summed E-state index contributed by atoms with van der Waals surface area (Å²) in [5, 5.41) is 5.99. The maximum atomic E-state index is 13.7. The summed E-state index contributed by atoms with van der Waals surface area (Å²) in [6.07, 6.45) is 4.61. The first-order chi connectivity index (χ1) is 10.6.